The molecule has 84 valence electrons. The molecule has 1 aromatic rings. The molecule has 5 heteroatoms. The van der Waals surface area contributed by atoms with E-state index in [-0.39, 0.29) is 5.56 Å². The van der Waals surface area contributed by atoms with Crippen molar-refractivity contribution in [2.24, 2.45) is 0 Å². The van der Waals surface area contributed by atoms with Crippen molar-refractivity contribution < 1.29 is 10.2 Å². The lowest BCUT2D eigenvalue weighted by Crippen LogP contribution is -2.30. The summed E-state index contributed by atoms with van der Waals surface area (Å²) in [7, 11) is 1.69. The molecular formula is C10H16N2O3. The summed E-state index contributed by atoms with van der Waals surface area (Å²) in [5, 5.41) is 22.0. The Hall–Kier alpha value is -1.17. The Bertz CT molecular complexity index is 375. The van der Waals surface area contributed by atoms with E-state index in [4.69, 9.17) is 0 Å². The zero-order valence-corrected chi connectivity index (χ0v) is 8.82. The second-order valence-corrected chi connectivity index (χ2v) is 3.52. The second-order valence-electron chi connectivity index (χ2n) is 3.52. The molecule has 0 saturated carbocycles. The number of aliphatic hydroxyl groups excluding tert-OH is 2. The predicted octanol–water partition coefficient (Wildman–Crippen LogP) is -0.703. The molecule has 0 aliphatic heterocycles. The normalized spacial score (nSPS) is 14.9. The number of hydrogen-bond donors (Lipinski definition) is 4. The van der Waals surface area contributed by atoms with Crippen molar-refractivity contribution in [2.45, 2.75) is 19.1 Å². The Balaban J connectivity index is 2.86. The number of nitrogens with one attached hydrogen (secondary N) is 2. The van der Waals surface area contributed by atoms with Gasteiger partial charge < -0.3 is 20.5 Å². The molecule has 0 fully saturated rings. The summed E-state index contributed by atoms with van der Waals surface area (Å²) in [6, 6.07) is 1.57. The van der Waals surface area contributed by atoms with Crippen molar-refractivity contribution in [3.05, 3.63) is 33.7 Å². The van der Waals surface area contributed by atoms with Crippen LogP contribution in [0.15, 0.2) is 17.1 Å². The maximum atomic E-state index is 11.1. The highest BCUT2D eigenvalue weighted by Crippen LogP contribution is 2.15. The number of aryl methyl sites for hydroxylation is 1. The quantitative estimate of drug-likeness (QED) is 0.531. The summed E-state index contributed by atoms with van der Waals surface area (Å²) in [5.74, 6) is 0. The van der Waals surface area contributed by atoms with Crippen molar-refractivity contribution in [2.75, 3.05) is 13.6 Å². The van der Waals surface area contributed by atoms with E-state index < -0.39 is 12.2 Å². The molecule has 0 aliphatic rings. The molecule has 2 atom stereocenters. The third kappa shape index (κ3) is 2.89. The van der Waals surface area contributed by atoms with Gasteiger partial charge in [0.05, 0.1) is 6.10 Å². The Labute approximate surface area is 87.8 Å². The van der Waals surface area contributed by atoms with Crippen LogP contribution >= 0.6 is 0 Å². The smallest absolute Gasteiger partial charge is 0.250 e. The average Bonchev–Trinajstić information content (AvgIpc) is 2.21. The van der Waals surface area contributed by atoms with Crippen LogP contribution in [0.25, 0.3) is 0 Å². The molecule has 0 saturated heterocycles. The van der Waals surface area contributed by atoms with Gasteiger partial charge in [0.2, 0.25) is 0 Å². The van der Waals surface area contributed by atoms with Gasteiger partial charge in [0.1, 0.15) is 6.10 Å². The number of H-pyrrole nitrogens is 1. The molecular weight excluding hydrogens is 196 g/mol. The maximum absolute atomic E-state index is 11.1. The standard InChI is InChI=1S/C10H16N2O3/c1-6-3-7(4-12-10(6)15)9(14)8(13)5-11-2/h3-4,8-9,11,13-14H,5H2,1-2H3,(H,12,15). The Kier molecular flexibility index (Phi) is 4.02. The number of pyridine rings is 1. The van der Waals surface area contributed by atoms with Gasteiger partial charge in [-0.05, 0) is 25.6 Å². The van der Waals surface area contributed by atoms with E-state index in [1.165, 1.54) is 6.20 Å². The van der Waals surface area contributed by atoms with Gasteiger partial charge in [0.15, 0.2) is 0 Å². The van der Waals surface area contributed by atoms with Crippen LogP contribution in [0.4, 0.5) is 0 Å². The highest BCUT2D eigenvalue weighted by Gasteiger charge is 2.17. The second kappa shape index (κ2) is 5.06. The molecule has 1 aromatic heterocycles. The van der Waals surface area contributed by atoms with E-state index >= 15 is 0 Å². The molecule has 1 heterocycles. The molecule has 2 unspecified atom stereocenters. The zero-order chi connectivity index (χ0) is 11.4. The van der Waals surface area contributed by atoms with Crippen molar-refractivity contribution >= 4 is 0 Å². The summed E-state index contributed by atoms with van der Waals surface area (Å²) in [4.78, 5) is 13.6. The third-order valence-electron chi connectivity index (χ3n) is 2.23. The van der Waals surface area contributed by atoms with Crippen LogP contribution in [-0.2, 0) is 0 Å². The van der Waals surface area contributed by atoms with E-state index in [1.54, 1.807) is 20.0 Å². The predicted molar refractivity (Wildman–Crippen MR) is 56.7 cm³/mol. The first kappa shape index (κ1) is 11.9. The van der Waals surface area contributed by atoms with Gasteiger partial charge in [0, 0.05) is 18.3 Å². The van der Waals surface area contributed by atoms with Crippen LogP contribution < -0.4 is 10.9 Å². The molecule has 0 bridgehead atoms. The van der Waals surface area contributed by atoms with Crippen LogP contribution in [0.2, 0.25) is 0 Å². The van der Waals surface area contributed by atoms with Crippen LogP contribution in [0.1, 0.15) is 17.2 Å². The average molecular weight is 212 g/mol. The number of aromatic amines is 1. The topological polar surface area (TPSA) is 85.3 Å². The van der Waals surface area contributed by atoms with Crippen molar-refractivity contribution in [1.29, 1.82) is 0 Å². The van der Waals surface area contributed by atoms with Gasteiger partial charge in [0.25, 0.3) is 5.56 Å². The highest BCUT2D eigenvalue weighted by molar-refractivity contribution is 5.19. The first-order chi connectivity index (χ1) is 7.06. The fourth-order valence-electron chi connectivity index (χ4n) is 1.33. The number of rotatable bonds is 4. The van der Waals surface area contributed by atoms with E-state index in [0.29, 0.717) is 17.7 Å². The minimum atomic E-state index is -0.993. The molecule has 4 N–H and O–H groups in total. The lowest BCUT2D eigenvalue weighted by molar-refractivity contribution is 0.0200. The van der Waals surface area contributed by atoms with Crippen molar-refractivity contribution in [3.63, 3.8) is 0 Å². The van der Waals surface area contributed by atoms with E-state index in [2.05, 4.69) is 10.3 Å². The lowest BCUT2D eigenvalue weighted by Gasteiger charge is -2.17. The van der Waals surface area contributed by atoms with Gasteiger partial charge >= 0.3 is 0 Å². The molecule has 0 radical (unpaired) electrons. The number of hydrogen-bond acceptors (Lipinski definition) is 4. The summed E-state index contributed by atoms with van der Waals surface area (Å²) in [5.41, 5.74) is 0.840. The Morgan fingerprint density at radius 3 is 2.73 bits per heavy atom. The molecule has 15 heavy (non-hydrogen) atoms. The van der Waals surface area contributed by atoms with E-state index in [9.17, 15) is 15.0 Å². The summed E-state index contributed by atoms with van der Waals surface area (Å²) in [6.07, 6.45) is -0.466. The molecule has 0 aromatic carbocycles. The first-order valence-corrected chi connectivity index (χ1v) is 4.76. The number of likely N-dealkylation sites (N-methyl/N-ethyl adjacent to an activating group) is 1. The van der Waals surface area contributed by atoms with Crippen LogP contribution in [-0.4, -0.2) is 34.9 Å². The summed E-state index contributed by atoms with van der Waals surface area (Å²) < 4.78 is 0. The SMILES string of the molecule is CNCC(O)C(O)c1c[nH]c(=O)c(C)c1. The number of aliphatic hydroxyl groups is 2. The Morgan fingerprint density at radius 2 is 2.20 bits per heavy atom. The van der Waals surface area contributed by atoms with Crippen LogP contribution in [0.5, 0.6) is 0 Å². The lowest BCUT2D eigenvalue weighted by atomic mass is 10.1. The third-order valence-corrected chi connectivity index (χ3v) is 2.23. The van der Waals surface area contributed by atoms with E-state index in [1.807, 2.05) is 0 Å². The summed E-state index contributed by atoms with van der Waals surface area (Å²) in [6.45, 7) is 1.94. The van der Waals surface area contributed by atoms with Crippen molar-refractivity contribution in [1.82, 2.24) is 10.3 Å². The first-order valence-electron chi connectivity index (χ1n) is 4.76. The maximum Gasteiger partial charge on any atom is 0.250 e. The summed E-state index contributed by atoms with van der Waals surface area (Å²) >= 11 is 0. The van der Waals surface area contributed by atoms with Gasteiger partial charge in [-0.1, -0.05) is 0 Å². The molecule has 0 aliphatic carbocycles. The Morgan fingerprint density at radius 1 is 1.53 bits per heavy atom. The largest absolute Gasteiger partial charge is 0.389 e. The van der Waals surface area contributed by atoms with Gasteiger partial charge in [-0.2, -0.15) is 0 Å². The fourth-order valence-corrected chi connectivity index (χ4v) is 1.33. The van der Waals surface area contributed by atoms with Crippen LogP contribution in [0, 0.1) is 6.92 Å². The highest BCUT2D eigenvalue weighted by atomic mass is 16.3. The molecule has 1 rings (SSSR count). The minimum Gasteiger partial charge on any atom is -0.389 e. The molecule has 0 amide bonds. The van der Waals surface area contributed by atoms with E-state index in [0.717, 1.165) is 0 Å². The van der Waals surface area contributed by atoms with Gasteiger partial charge in [-0.3, -0.25) is 4.79 Å². The minimum absolute atomic E-state index is 0.186. The monoisotopic (exact) mass is 212 g/mol. The zero-order valence-electron chi connectivity index (χ0n) is 8.82. The van der Waals surface area contributed by atoms with Gasteiger partial charge in [-0.15, -0.1) is 0 Å². The number of aromatic nitrogens is 1. The molecule has 0 spiro atoms. The van der Waals surface area contributed by atoms with Crippen molar-refractivity contribution in [3.8, 4) is 0 Å². The van der Waals surface area contributed by atoms with Gasteiger partial charge in [-0.25, -0.2) is 0 Å². The molecule has 5 nitrogen and oxygen atoms in total. The van der Waals surface area contributed by atoms with Crippen LogP contribution in [0.3, 0.4) is 0 Å². The fraction of sp³-hybridized carbons (Fsp3) is 0.500.